The maximum atomic E-state index is 12.5. The number of nitrogens with one attached hydrogen (secondary N) is 1. The molecular formula is C15H18N4O4. The number of rotatable bonds is 5. The van der Waals surface area contributed by atoms with E-state index in [-0.39, 0.29) is 28.7 Å². The maximum absolute atomic E-state index is 12.5. The Morgan fingerprint density at radius 1 is 1.52 bits per heavy atom. The lowest BCUT2D eigenvalue weighted by atomic mass is 10.2. The molecule has 3 rings (SSSR count). The molecule has 1 aliphatic rings. The van der Waals surface area contributed by atoms with E-state index in [1.807, 2.05) is 13.8 Å². The van der Waals surface area contributed by atoms with Crippen LogP contribution in [0.2, 0.25) is 0 Å². The second kappa shape index (κ2) is 5.53. The molecule has 0 unspecified atom stereocenters. The van der Waals surface area contributed by atoms with E-state index < -0.39 is 17.3 Å². The van der Waals surface area contributed by atoms with Gasteiger partial charge in [-0.3, -0.25) is 19.0 Å². The van der Waals surface area contributed by atoms with Gasteiger partial charge >= 0.3 is 0 Å². The first-order valence-electron chi connectivity index (χ1n) is 7.53. The van der Waals surface area contributed by atoms with E-state index in [9.17, 15) is 19.5 Å². The molecule has 8 heteroatoms. The molecule has 1 fully saturated rings. The Balaban J connectivity index is 2.26. The summed E-state index contributed by atoms with van der Waals surface area (Å²) in [6, 6.07) is 0.0544. The molecule has 2 aromatic rings. The van der Waals surface area contributed by atoms with E-state index in [1.165, 1.54) is 10.8 Å². The van der Waals surface area contributed by atoms with Crippen LogP contribution >= 0.6 is 0 Å². The van der Waals surface area contributed by atoms with E-state index in [0.717, 1.165) is 17.4 Å². The molecule has 23 heavy (non-hydrogen) atoms. The molecule has 1 aliphatic carbocycles. The van der Waals surface area contributed by atoms with Crippen molar-refractivity contribution in [1.82, 2.24) is 19.5 Å². The van der Waals surface area contributed by atoms with Gasteiger partial charge in [-0.2, -0.15) is 9.61 Å². The molecule has 1 amide bonds. The number of carbonyl (C=O) groups is 2. The fourth-order valence-electron chi connectivity index (χ4n) is 2.52. The van der Waals surface area contributed by atoms with Gasteiger partial charge in [0, 0.05) is 12.6 Å². The van der Waals surface area contributed by atoms with Crippen LogP contribution in [0.25, 0.3) is 5.65 Å². The van der Waals surface area contributed by atoms with Gasteiger partial charge in [0.2, 0.25) is 5.88 Å². The Kier molecular flexibility index (Phi) is 3.67. The zero-order valence-corrected chi connectivity index (χ0v) is 12.9. The smallest absolute Gasteiger partial charge is 0.291 e. The maximum Gasteiger partial charge on any atom is 0.291 e. The molecule has 2 heterocycles. The van der Waals surface area contributed by atoms with Crippen LogP contribution < -0.4 is 10.9 Å². The first-order chi connectivity index (χ1) is 10.9. The molecule has 1 saturated carbocycles. The van der Waals surface area contributed by atoms with Gasteiger partial charge in [0.1, 0.15) is 0 Å². The Labute approximate surface area is 131 Å². The minimum Gasteiger partial charge on any atom is -0.494 e. The highest BCUT2D eigenvalue weighted by Crippen LogP contribution is 2.23. The Hall–Kier alpha value is -2.64. The molecule has 2 aromatic heterocycles. The highest BCUT2D eigenvalue weighted by atomic mass is 16.3. The number of aromatic nitrogens is 3. The summed E-state index contributed by atoms with van der Waals surface area (Å²) in [4.78, 5) is 36.0. The number of hydrogen-bond acceptors (Lipinski definition) is 5. The molecule has 0 spiro atoms. The van der Waals surface area contributed by atoms with Crippen LogP contribution in [-0.4, -0.2) is 37.5 Å². The molecular weight excluding hydrogens is 300 g/mol. The first-order valence-corrected chi connectivity index (χ1v) is 7.53. The number of amides is 1. The van der Waals surface area contributed by atoms with Gasteiger partial charge in [0.25, 0.3) is 11.5 Å². The third-order valence-corrected chi connectivity index (χ3v) is 3.73. The highest BCUT2D eigenvalue weighted by Gasteiger charge is 2.29. The van der Waals surface area contributed by atoms with Crippen LogP contribution in [0.15, 0.2) is 11.0 Å². The van der Waals surface area contributed by atoms with Crippen molar-refractivity contribution < 1.29 is 14.7 Å². The largest absolute Gasteiger partial charge is 0.494 e. The Bertz CT molecular complexity index is 845. The minimum absolute atomic E-state index is 0.0544. The van der Waals surface area contributed by atoms with Crippen LogP contribution in [0, 0.1) is 5.92 Å². The van der Waals surface area contributed by atoms with Crippen molar-refractivity contribution in [2.75, 3.05) is 0 Å². The SMILES string of the molecule is CC(C)Cn1c(O)c(C(=O)NC2CC2)c(=O)n2ncc(C=O)c12. The highest BCUT2D eigenvalue weighted by molar-refractivity contribution is 5.97. The molecule has 8 nitrogen and oxygen atoms in total. The molecule has 0 atom stereocenters. The van der Waals surface area contributed by atoms with Gasteiger partial charge in [0.15, 0.2) is 17.5 Å². The monoisotopic (exact) mass is 318 g/mol. The van der Waals surface area contributed by atoms with E-state index >= 15 is 0 Å². The second-order valence-corrected chi connectivity index (χ2v) is 6.21. The van der Waals surface area contributed by atoms with E-state index in [0.29, 0.717) is 12.8 Å². The summed E-state index contributed by atoms with van der Waals surface area (Å²) < 4.78 is 2.39. The van der Waals surface area contributed by atoms with Crippen molar-refractivity contribution in [3.8, 4) is 5.88 Å². The lowest BCUT2D eigenvalue weighted by Gasteiger charge is -2.16. The van der Waals surface area contributed by atoms with Crippen LogP contribution in [0.3, 0.4) is 0 Å². The lowest BCUT2D eigenvalue weighted by molar-refractivity contribution is 0.0944. The molecule has 0 aromatic carbocycles. The summed E-state index contributed by atoms with van der Waals surface area (Å²) in [5.41, 5.74) is -0.694. The number of fused-ring (bicyclic) bond motifs is 1. The first kappa shape index (κ1) is 15.3. The normalized spacial score (nSPS) is 14.4. The number of hydrogen-bond donors (Lipinski definition) is 2. The molecule has 0 radical (unpaired) electrons. The van der Waals surface area contributed by atoms with Gasteiger partial charge in [-0.05, 0) is 18.8 Å². The van der Waals surface area contributed by atoms with Gasteiger partial charge in [-0.1, -0.05) is 13.8 Å². The van der Waals surface area contributed by atoms with Crippen LogP contribution in [0.1, 0.15) is 47.4 Å². The van der Waals surface area contributed by atoms with E-state index in [2.05, 4.69) is 10.4 Å². The third-order valence-electron chi connectivity index (χ3n) is 3.73. The number of aldehydes is 1. The summed E-state index contributed by atoms with van der Waals surface area (Å²) in [7, 11) is 0. The summed E-state index contributed by atoms with van der Waals surface area (Å²) >= 11 is 0. The third kappa shape index (κ3) is 2.60. The van der Waals surface area contributed by atoms with Crippen molar-refractivity contribution in [2.24, 2.45) is 5.92 Å². The van der Waals surface area contributed by atoms with Crippen molar-refractivity contribution in [3.63, 3.8) is 0 Å². The Morgan fingerprint density at radius 3 is 2.78 bits per heavy atom. The molecule has 0 aliphatic heterocycles. The molecule has 2 N–H and O–H groups in total. The summed E-state index contributed by atoms with van der Waals surface area (Å²) in [6.07, 6.45) is 3.56. The summed E-state index contributed by atoms with van der Waals surface area (Å²) in [5, 5.41) is 17.1. The van der Waals surface area contributed by atoms with Crippen molar-refractivity contribution in [3.05, 3.63) is 27.7 Å². The minimum atomic E-state index is -0.733. The lowest BCUT2D eigenvalue weighted by Crippen LogP contribution is -2.34. The average molecular weight is 318 g/mol. The van der Waals surface area contributed by atoms with Gasteiger partial charge in [-0.15, -0.1) is 0 Å². The standard InChI is InChI=1S/C15H18N4O4/c1-8(2)6-18-13-9(7-20)5-16-19(13)15(23)11(14(18)22)12(21)17-10-3-4-10/h5,7-8,10,22H,3-4,6H2,1-2H3,(H,17,21). The van der Waals surface area contributed by atoms with Crippen LogP contribution in [0.5, 0.6) is 5.88 Å². The fourth-order valence-corrected chi connectivity index (χ4v) is 2.52. The van der Waals surface area contributed by atoms with Gasteiger partial charge in [-0.25, -0.2) is 0 Å². The van der Waals surface area contributed by atoms with Crippen LogP contribution in [-0.2, 0) is 6.54 Å². The summed E-state index contributed by atoms with van der Waals surface area (Å²) in [5.74, 6) is -0.920. The average Bonchev–Trinajstić information content (AvgIpc) is 3.18. The summed E-state index contributed by atoms with van der Waals surface area (Å²) in [6.45, 7) is 4.19. The van der Waals surface area contributed by atoms with Crippen molar-refractivity contribution in [1.29, 1.82) is 0 Å². The van der Waals surface area contributed by atoms with Crippen molar-refractivity contribution >= 4 is 17.8 Å². The quantitative estimate of drug-likeness (QED) is 0.784. The number of nitrogens with zero attached hydrogens (tertiary/aromatic N) is 3. The zero-order chi connectivity index (χ0) is 16.7. The van der Waals surface area contributed by atoms with Crippen molar-refractivity contribution in [2.45, 2.75) is 39.3 Å². The second-order valence-electron chi connectivity index (χ2n) is 6.21. The van der Waals surface area contributed by atoms with E-state index in [4.69, 9.17) is 0 Å². The van der Waals surface area contributed by atoms with Gasteiger partial charge < -0.3 is 10.4 Å². The van der Waals surface area contributed by atoms with Gasteiger partial charge in [0.05, 0.1) is 11.8 Å². The number of aromatic hydroxyl groups is 1. The number of carbonyl (C=O) groups excluding carboxylic acids is 2. The topological polar surface area (TPSA) is 106 Å². The fraction of sp³-hybridized carbons (Fsp3) is 0.467. The molecule has 0 bridgehead atoms. The zero-order valence-electron chi connectivity index (χ0n) is 12.9. The molecule has 122 valence electrons. The van der Waals surface area contributed by atoms with Crippen LogP contribution in [0.4, 0.5) is 0 Å². The predicted molar refractivity (Wildman–Crippen MR) is 81.8 cm³/mol. The Morgan fingerprint density at radius 2 is 2.22 bits per heavy atom. The molecule has 0 saturated heterocycles. The predicted octanol–water partition coefficient (Wildman–Crippen LogP) is 0.562. The van der Waals surface area contributed by atoms with E-state index in [1.54, 1.807) is 0 Å².